The van der Waals surface area contributed by atoms with Crippen LogP contribution in [0, 0.1) is 5.92 Å². The first-order valence-electron chi connectivity index (χ1n) is 7.22. The molecule has 0 bridgehead atoms. The van der Waals surface area contributed by atoms with Crippen LogP contribution < -0.4 is 5.73 Å². The van der Waals surface area contributed by atoms with Crippen molar-refractivity contribution < 1.29 is 0 Å². The molecule has 1 saturated heterocycles. The molecule has 20 heavy (non-hydrogen) atoms. The Labute approximate surface area is 124 Å². The predicted octanol–water partition coefficient (Wildman–Crippen LogP) is 3.06. The molecule has 1 aliphatic heterocycles. The minimum atomic E-state index is 0.635. The van der Waals surface area contributed by atoms with Gasteiger partial charge in [0, 0.05) is 29.7 Å². The van der Waals surface area contributed by atoms with Gasteiger partial charge in [0.2, 0.25) is 0 Å². The van der Waals surface area contributed by atoms with Crippen molar-refractivity contribution in [2.45, 2.75) is 19.4 Å². The fourth-order valence-corrected chi connectivity index (χ4v) is 3.27. The number of nitrogens with zero attached hydrogens (tertiary/aromatic N) is 2. The number of aromatic nitrogens is 1. The Morgan fingerprint density at radius 3 is 3.10 bits per heavy atom. The van der Waals surface area contributed by atoms with E-state index in [0.717, 1.165) is 42.1 Å². The zero-order valence-corrected chi connectivity index (χ0v) is 12.3. The summed E-state index contributed by atoms with van der Waals surface area (Å²) in [5, 5.41) is 1.81. The van der Waals surface area contributed by atoms with Gasteiger partial charge in [0.25, 0.3) is 0 Å². The van der Waals surface area contributed by atoms with Gasteiger partial charge in [-0.15, -0.1) is 0 Å². The molecule has 0 aliphatic carbocycles. The molecular weight excluding hydrogens is 270 g/mol. The normalized spacial score (nSPS) is 20.4. The Balaban J connectivity index is 1.86. The van der Waals surface area contributed by atoms with E-state index in [1.54, 1.807) is 0 Å². The Kier molecular flexibility index (Phi) is 4.20. The molecule has 0 saturated carbocycles. The summed E-state index contributed by atoms with van der Waals surface area (Å²) in [6, 6.07) is 8.05. The van der Waals surface area contributed by atoms with Crippen molar-refractivity contribution in [1.29, 1.82) is 0 Å². The van der Waals surface area contributed by atoms with Crippen LogP contribution >= 0.6 is 11.6 Å². The van der Waals surface area contributed by atoms with E-state index in [0.29, 0.717) is 5.92 Å². The summed E-state index contributed by atoms with van der Waals surface area (Å²) in [6.07, 6.45) is 4.33. The van der Waals surface area contributed by atoms with Gasteiger partial charge < -0.3 is 5.73 Å². The summed E-state index contributed by atoms with van der Waals surface area (Å²) in [5.41, 5.74) is 8.09. The van der Waals surface area contributed by atoms with E-state index >= 15 is 0 Å². The Morgan fingerprint density at radius 2 is 2.25 bits per heavy atom. The molecule has 1 atom stereocenters. The number of hydrogen-bond acceptors (Lipinski definition) is 3. The van der Waals surface area contributed by atoms with Crippen LogP contribution in [0.4, 0.5) is 0 Å². The van der Waals surface area contributed by atoms with Crippen LogP contribution in [-0.4, -0.2) is 29.5 Å². The third-order valence-corrected chi connectivity index (χ3v) is 4.46. The van der Waals surface area contributed by atoms with E-state index in [9.17, 15) is 0 Å². The van der Waals surface area contributed by atoms with Crippen LogP contribution in [0.5, 0.6) is 0 Å². The van der Waals surface area contributed by atoms with Crippen LogP contribution in [0.15, 0.2) is 30.5 Å². The van der Waals surface area contributed by atoms with Gasteiger partial charge in [-0.2, -0.15) is 0 Å². The van der Waals surface area contributed by atoms with Gasteiger partial charge in [-0.05, 0) is 55.6 Å². The minimum absolute atomic E-state index is 0.635. The zero-order valence-electron chi connectivity index (χ0n) is 11.6. The SMILES string of the molecule is NCC1CCCN(Cc2ccc(Cl)c3cccnc23)C1. The Bertz CT molecular complexity index is 599. The van der Waals surface area contributed by atoms with Crippen molar-refractivity contribution >= 4 is 22.5 Å². The highest BCUT2D eigenvalue weighted by Gasteiger charge is 2.19. The number of hydrogen-bond donors (Lipinski definition) is 1. The molecule has 3 rings (SSSR count). The highest BCUT2D eigenvalue weighted by molar-refractivity contribution is 6.35. The first kappa shape index (κ1) is 13.8. The first-order valence-corrected chi connectivity index (χ1v) is 7.60. The smallest absolute Gasteiger partial charge is 0.0761 e. The summed E-state index contributed by atoms with van der Waals surface area (Å²) in [5.74, 6) is 0.635. The molecule has 1 aliphatic rings. The minimum Gasteiger partial charge on any atom is -0.330 e. The highest BCUT2D eigenvalue weighted by Crippen LogP contribution is 2.26. The molecule has 2 aromatic rings. The monoisotopic (exact) mass is 289 g/mol. The number of pyridine rings is 1. The lowest BCUT2D eigenvalue weighted by molar-refractivity contribution is 0.171. The van der Waals surface area contributed by atoms with Gasteiger partial charge in [-0.3, -0.25) is 9.88 Å². The van der Waals surface area contributed by atoms with Crippen molar-refractivity contribution in [3.8, 4) is 0 Å². The summed E-state index contributed by atoms with van der Waals surface area (Å²) in [7, 11) is 0. The van der Waals surface area contributed by atoms with Gasteiger partial charge in [0.1, 0.15) is 0 Å². The molecule has 2 N–H and O–H groups in total. The third kappa shape index (κ3) is 2.80. The van der Waals surface area contributed by atoms with E-state index in [1.165, 1.54) is 18.4 Å². The molecular formula is C16H20ClN3. The molecule has 1 unspecified atom stereocenters. The second-order valence-electron chi connectivity index (χ2n) is 5.59. The van der Waals surface area contributed by atoms with Crippen LogP contribution in [0.2, 0.25) is 5.02 Å². The standard InChI is InChI=1S/C16H20ClN3/c17-15-6-5-13(16-14(15)4-1-7-19-16)11-20-8-2-3-12(9-18)10-20/h1,4-7,12H,2-3,8-11,18H2. The van der Waals surface area contributed by atoms with Crippen molar-refractivity contribution in [1.82, 2.24) is 9.88 Å². The Hall–Kier alpha value is -1.16. The average molecular weight is 290 g/mol. The van der Waals surface area contributed by atoms with Gasteiger partial charge in [-0.25, -0.2) is 0 Å². The molecule has 0 amide bonds. The number of piperidine rings is 1. The summed E-state index contributed by atoms with van der Waals surface area (Å²) in [6.45, 7) is 3.96. The van der Waals surface area contributed by atoms with Crippen LogP contribution in [0.3, 0.4) is 0 Å². The quantitative estimate of drug-likeness (QED) is 0.944. The number of benzene rings is 1. The summed E-state index contributed by atoms with van der Waals surface area (Å²) in [4.78, 5) is 7.00. The number of nitrogens with two attached hydrogens (primary N) is 1. The number of likely N-dealkylation sites (tertiary alicyclic amines) is 1. The highest BCUT2D eigenvalue weighted by atomic mass is 35.5. The van der Waals surface area contributed by atoms with E-state index in [-0.39, 0.29) is 0 Å². The van der Waals surface area contributed by atoms with E-state index in [2.05, 4.69) is 16.0 Å². The summed E-state index contributed by atoms with van der Waals surface area (Å²) < 4.78 is 0. The first-order chi connectivity index (χ1) is 9.78. The molecule has 3 nitrogen and oxygen atoms in total. The topological polar surface area (TPSA) is 42.1 Å². The number of halogens is 1. The fourth-order valence-electron chi connectivity index (χ4n) is 3.05. The molecule has 1 fully saturated rings. The Morgan fingerprint density at radius 1 is 1.35 bits per heavy atom. The lowest BCUT2D eigenvalue weighted by Crippen LogP contribution is -2.37. The maximum Gasteiger partial charge on any atom is 0.0761 e. The van der Waals surface area contributed by atoms with Crippen molar-refractivity contribution in [2.24, 2.45) is 11.7 Å². The van der Waals surface area contributed by atoms with E-state index in [4.69, 9.17) is 17.3 Å². The van der Waals surface area contributed by atoms with Crippen molar-refractivity contribution in [3.63, 3.8) is 0 Å². The van der Waals surface area contributed by atoms with Crippen molar-refractivity contribution in [2.75, 3.05) is 19.6 Å². The van der Waals surface area contributed by atoms with Crippen LogP contribution in [0.1, 0.15) is 18.4 Å². The largest absolute Gasteiger partial charge is 0.330 e. The maximum atomic E-state index is 6.25. The van der Waals surface area contributed by atoms with Gasteiger partial charge in [-0.1, -0.05) is 17.7 Å². The molecule has 2 heterocycles. The maximum absolute atomic E-state index is 6.25. The molecule has 4 heteroatoms. The van der Waals surface area contributed by atoms with Gasteiger partial charge in [0.15, 0.2) is 0 Å². The van der Waals surface area contributed by atoms with Gasteiger partial charge in [0.05, 0.1) is 5.52 Å². The van der Waals surface area contributed by atoms with Gasteiger partial charge >= 0.3 is 0 Å². The predicted molar refractivity (Wildman–Crippen MR) is 83.8 cm³/mol. The molecule has 0 radical (unpaired) electrons. The molecule has 106 valence electrons. The van der Waals surface area contributed by atoms with E-state index < -0.39 is 0 Å². The van der Waals surface area contributed by atoms with Crippen LogP contribution in [0.25, 0.3) is 10.9 Å². The third-order valence-electron chi connectivity index (χ3n) is 4.13. The molecule has 0 spiro atoms. The average Bonchev–Trinajstić information content (AvgIpc) is 2.51. The van der Waals surface area contributed by atoms with Crippen molar-refractivity contribution in [3.05, 3.63) is 41.0 Å². The summed E-state index contributed by atoms with van der Waals surface area (Å²) >= 11 is 6.25. The fraction of sp³-hybridized carbons (Fsp3) is 0.438. The number of rotatable bonds is 3. The van der Waals surface area contributed by atoms with E-state index in [1.807, 2.05) is 24.4 Å². The second kappa shape index (κ2) is 6.08. The lowest BCUT2D eigenvalue weighted by Gasteiger charge is -2.32. The second-order valence-corrected chi connectivity index (χ2v) is 5.99. The molecule has 1 aromatic carbocycles. The molecule has 1 aromatic heterocycles. The zero-order chi connectivity index (χ0) is 13.9. The number of fused-ring (bicyclic) bond motifs is 1. The van der Waals surface area contributed by atoms with Crippen LogP contribution in [-0.2, 0) is 6.54 Å². The lowest BCUT2D eigenvalue weighted by atomic mass is 9.97.